The number of rotatable bonds is 2. The third-order valence-corrected chi connectivity index (χ3v) is 6.85. The fourth-order valence-electron chi connectivity index (χ4n) is 5.14. The second-order valence-corrected chi connectivity index (χ2v) is 9.11. The summed E-state index contributed by atoms with van der Waals surface area (Å²) < 4.78 is 0. The van der Waals surface area contributed by atoms with E-state index in [1.807, 2.05) is 55.5 Å². The van der Waals surface area contributed by atoms with Gasteiger partial charge in [0.15, 0.2) is 0 Å². The van der Waals surface area contributed by atoms with Crippen LogP contribution in [0.2, 0.25) is 10.0 Å². The number of hydrogen-bond donors (Lipinski definition) is 2. The molecule has 2 heterocycles. The molecule has 5 rings (SSSR count). The van der Waals surface area contributed by atoms with Gasteiger partial charge in [-0.05, 0) is 47.9 Å². The van der Waals surface area contributed by atoms with E-state index in [9.17, 15) is 9.59 Å². The second kappa shape index (κ2) is 7.40. The summed E-state index contributed by atoms with van der Waals surface area (Å²) in [4.78, 5) is 26.7. The number of aryl methyl sites for hydroxylation is 1. The monoisotopic (exact) mass is 450 g/mol. The van der Waals surface area contributed by atoms with Crippen LogP contribution in [0.5, 0.6) is 0 Å². The van der Waals surface area contributed by atoms with Gasteiger partial charge in [0, 0.05) is 28.1 Å². The summed E-state index contributed by atoms with van der Waals surface area (Å²) >= 11 is 12.5. The van der Waals surface area contributed by atoms with Gasteiger partial charge in [0.25, 0.3) is 0 Å². The third-order valence-electron chi connectivity index (χ3n) is 6.38. The highest BCUT2D eigenvalue weighted by atomic mass is 35.5. The van der Waals surface area contributed by atoms with Crippen molar-refractivity contribution >= 4 is 40.7 Å². The number of nitrogens with one attached hydrogen (secondary N) is 2. The fourth-order valence-corrected chi connectivity index (χ4v) is 5.51. The van der Waals surface area contributed by atoms with Crippen LogP contribution in [0.1, 0.15) is 40.6 Å². The van der Waals surface area contributed by atoms with Crippen molar-refractivity contribution in [3.05, 3.63) is 99.0 Å². The molecule has 3 aromatic rings. The summed E-state index contributed by atoms with van der Waals surface area (Å²) in [6, 6.07) is 20.3. The molecule has 2 aliphatic rings. The number of anilines is 1. The number of halogens is 2. The van der Waals surface area contributed by atoms with E-state index in [0.717, 1.165) is 22.3 Å². The average molecular weight is 451 g/mol. The number of fused-ring (bicyclic) bond motifs is 2. The molecule has 2 N–H and O–H groups in total. The first-order valence-corrected chi connectivity index (χ1v) is 10.9. The lowest BCUT2D eigenvalue weighted by molar-refractivity contribution is -0.131. The van der Waals surface area contributed by atoms with Crippen LogP contribution in [0.3, 0.4) is 0 Å². The molecule has 0 bridgehead atoms. The Morgan fingerprint density at radius 2 is 1.65 bits per heavy atom. The predicted molar refractivity (Wildman–Crippen MR) is 123 cm³/mol. The molecule has 3 aromatic carbocycles. The zero-order valence-corrected chi connectivity index (χ0v) is 18.3. The Hall–Kier alpha value is -2.82. The Morgan fingerprint density at radius 1 is 0.903 bits per heavy atom. The molecule has 1 saturated heterocycles. The van der Waals surface area contributed by atoms with E-state index in [-0.39, 0.29) is 18.2 Å². The number of amides is 2. The van der Waals surface area contributed by atoms with Crippen LogP contribution in [-0.2, 0) is 15.0 Å². The van der Waals surface area contributed by atoms with Gasteiger partial charge in [-0.3, -0.25) is 9.59 Å². The molecule has 3 atom stereocenters. The van der Waals surface area contributed by atoms with Gasteiger partial charge >= 0.3 is 0 Å². The molecule has 1 fully saturated rings. The fraction of sp³-hybridized carbons (Fsp3) is 0.200. The topological polar surface area (TPSA) is 58.2 Å². The van der Waals surface area contributed by atoms with Crippen LogP contribution in [0, 0.1) is 6.92 Å². The molecular weight excluding hydrogens is 431 g/mol. The summed E-state index contributed by atoms with van der Waals surface area (Å²) in [6.45, 7) is 2.00. The minimum Gasteiger partial charge on any atom is -0.348 e. The molecule has 4 nitrogen and oxygen atoms in total. The van der Waals surface area contributed by atoms with Crippen molar-refractivity contribution in [3.63, 3.8) is 0 Å². The summed E-state index contributed by atoms with van der Waals surface area (Å²) in [6.07, 6.45) is 0.179. The van der Waals surface area contributed by atoms with Crippen LogP contribution < -0.4 is 10.6 Å². The number of piperidine rings is 1. The van der Waals surface area contributed by atoms with Crippen molar-refractivity contribution in [1.82, 2.24) is 5.32 Å². The maximum Gasteiger partial charge on any atom is 0.238 e. The first kappa shape index (κ1) is 20.1. The summed E-state index contributed by atoms with van der Waals surface area (Å²) in [5, 5.41) is 7.28. The van der Waals surface area contributed by atoms with E-state index in [1.54, 1.807) is 18.2 Å². The van der Waals surface area contributed by atoms with Gasteiger partial charge in [-0.2, -0.15) is 0 Å². The molecule has 1 spiro atoms. The number of hydrogen-bond acceptors (Lipinski definition) is 2. The van der Waals surface area contributed by atoms with Crippen molar-refractivity contribution in [1.29, 1.82) is 0 Å². The van der Waals surface area contributed by atoms with Gasteiger partial charge in [0.05, 0.1) is 6.04 Å². The smallest absolute Gasteiger partial charge is 0.238 e. The Bertz CT molecular complexity index is 1170. The van der Waals surface area contributed by atoms with E-state index in [0.29, 0.717) is 15.7 Å². The zero-order chi connectivity index (χ0) is 21.8. The van der Waals surface area contributed by atoms with E-state index < -0.39 is 17.4 Å². The van der Waals surface area contributed by atoms with Crippen molar-refractivity contribution in [2.24, 2.45) is 0 Å². The van der Waals surface area contributed by atoms with Crippen LogP contribution >= 0.6 is 23.2 Å². The Morgan fingerprint density at radius 3 is 2.42 bits per heavy atom. The molecule has 156 valence electrons. The summed E-state index contributed by atoms with van der Waals surface area (Å²) in [5.41, 5.74) is 3.28. The van der Waals surface area contributed by atoms with E-state index >= 15 is 0 Å². The van der Waals surface area contributed by atoms with Crippen molar-refractivity contribution in [2.45, 2.75) is 30.7 Å². The second-order valence-electron chi connectivity index (χ2n) is 8.24. The Kier molecular flexibility index (Phi) is 4.80. The van der Waals surface area contributed by atoms with Gasteiger partial charge in [-0.1, -0.05) is 71.2 Å². The Balaban J connectivity index is 1.81. The first-order chi connectivity index (χ1) is 14.9. The van der Waals surface area contributed by atoms with Crippen molar-refractivity contribution in [3.8, 4) is 0 Å². The quantitative estimate of drug-likeness (QED) is 0.538. The molecule has 2 amide bonds. The highest BCUT2D eigenvalue weighted by Gasteiger charge is 2.61. The molecular formula is C25H20Cl2N2O2. The molecule has 0 aliphatic carbocycles. The number of benzene rings is 3. The maximum absolute atomic E-state index is 13.8. The normalized spacial score (nSPS) is 24.6. The van der Waals surface area contributed by atoms with Crippen LogP contribution in [0.4, 0.5) is 5.69 Å². The molecule has 2 aliphatic heterocycles. The highest BCUT2D eigenvalue weighted by Crippen LogP contribution is 2.57. The minimum atomic E-state index is -1.04. The van der Waals surface area contributed by atoms with Crippen LogP contribution in [0.15, 0.2) is 66.7 Å². The van der Waals surface area contributed by atoms with Crippen LogP contribution in [0.25, 0.3) is 0 Å². The van der Waals surface area contributed by atoms with Gasteiger partial charge in [-0.15, -0.1) is 0 Å². The van der Waals surface area contributed by atoms with Crippen molar-refractivity contribution < 1.29 is 9.59 Å². The van der Waals surface area contributed by atoms with E-state index in [2.05, 4.69) is 10.6 Å². The first-order valence-electron chi connectivity index (χ1n) is 10.1. The lowest BCUT2D eigenvalue weighted by Crippen LogP contribution is -2.56. The predicted octanol–water partition coefficient (Wildman–Crippen LogP) is 5.54. The lowest BCUT2D eigenvalue weighted by atomic mass is 9.59. The van der Waals surface area contributed by atoms with Gasteiger partial charge < -0.3 is 10.6 Å². The highest BCUT2D eigenvalue weighted by molar-refractivity contribution is 6.31. The molecule has 0 saturated carbocycles. The third kappa shape index (κ3) is 3.13. The average Bonchev–Trinajstić information content (AvgIpc) is 3.01. The largest absolute Gasteiger partial charge is 0.348 e. The van der Waals surface area contributed by atoms with Gasteiger partial charge in [-0.25, -0.2) is 0 Å². The van der Waals surface area contributed by atoms with Gasteiger partial charge in [0.2, 0.25) is 11.8 Å². The molecule has 2 unspecified atom stereocenters. The van der Waals surface area contributed by atoms with E-state index in [4.69, 9.17) is 23.2 Å². The summed E-state index contributed by atoms with van der Waals surface area (Å²) in [7, 11) is 0. The molecule has 0 radical (unpaired) electrons. The molecule has 6 heteroatoms. The SMILES string of the molecule is Cc1cccc(C2NC(=O)CC(c3cccc(Cl)c3)[C@]23C(=O)Nc2cc(Cl)ccc23)c1. The van der Waals surface area contributed by atoms with Crippen molar-refractivity contribution in [2.75, 3.05) is 5.32 Å². The number of carbonyl (C=O) groups is 2. The van der Waals surface area contributed by atoms with E-state index in [1.165, 1.54) is 0 Å². The summed E-state index contributed by atoms with van der Waals surface area (Å²) in [5.74, 6) is -0.647. The van der Waals surface area contributed by atoms with Crippen LogP contribution in [-0.4, -0.2) is 11.8 Å². The minimum absolute atomic E-state index is 0.0997. The molecule has 31 heavy (non-hydrogen) atoms. The maximum atomic E-state index is 13.8. The zero-order valence-electron chi connectivity index (χ0n) is 16.8. The molecule has 0 aromatic heterocycles. The lowest BCUT2D eigenvalue weighted by Gasteiger charge is -2.46. The Labute approximate surface area is 190 Å². The number of carbonyl (C=O) groups excluding carboxylic acids is 2. The van der Waals surface area contributed by atoms with Gasteiger partial charge in [0.1, 0.15) is 5.41 Å². The standard InChI is InChI=1S/C25H20Cl2N2O2/c1-14-4-2-6-16(10-14)23-25(19-9-8-18(27)12-21(19)28-24(25)31)20(13-22(30)29-23)15-5-3-7-17(26)11-15/h2-12,20,23H,13H2,1H3,(H,28,31)(H,29,30)/t20?,23?,25-/m0/s1.